The number of hydrazone groups is 1. The summed E-state index contributed by atoms with van der Waals surface area (Å²) < 4.78 is 6.73. The van der Waals surface area contributed by atoms with Crippen molar-refractivity contribution in [2.75, 3.05) is 7.11 Å². The number of carbonyl (C=O) groups is 2. The molecule has 0 aliphatic rings. The monoisotopic (exact) mass is 420 g/mol. The molecule has 0 fully saturated rings. The summed E-state index contributed by atoms with van der Waals surface area (Å²) in [7, 11) is 1.33. The minimum absolute atomic E-state index is 0.136. The Hall–Kier alpha value is -4.27. The molecular formula is C22H20N4O5. The molecule has 9 nitrogen and oxygen atoms in total. The van der Waals surface area contributed by atoms with Gasteiger partial charge in [-0.3, -0.25) is 14.9 Å². The Morgan fingerprint density at radius 2 is 1.81 bits per heavy atom. The van der Waals surface area contributed by atoms with Gasteiger partial charge in [0.15, 0.2) is 0 Å². The highest BCUT2D eigenvalue weighted by Gasteiger charge is 2.13. The maximum absolute atomic E-state index is 12.2. The zero-order valence-electron chi connectivity index (χ0n) is 17.2. The number of benzene rings is 2. The predicted molar refractivity (Wildman–Crippen MR) is 115 cm³/mol. The summed E-state index contributed by atoms with van der Waals surface area (Å²) in [6, 6.07) is 14.3. The van der Waals surface area contributed by atoms with E-state index in [4.69, 9.17) is 4.74 Å². The van der Waals surface area contributed by atoms with E-state index in [0.717, 1.165) is 22.6 Å². The molecule has 3 rings (SSSR count). The molecule has 0 radical (unpaired) electrons. The van der Waals surface area contributed by atoms with Crippen LogP contribution in [0.2, 0.25) is 0 Å². The average molecular weight is 420 g/mol. The minimum Gasteiger partial charge on any atom is -0.465 e. The average Bonchev–Trinajstić information content (AvgIpc) is 3.06. The van der Waals surface area contributed by atoms with Gasteiger partial charge in [-0.25, -0.2) is 10.2 Å². The first-order valence-electron chi connectivity index (χ1n) is 9.27. The van der Waals surface area contributed by atoms with E-state index in [9.17, 15) is 19.7 Å². The summed E-state index contributed by atoms with van der Waals surface area (Å²) in [6.45, 7) is 3.80. The van der Waals surface area contributed by atoms with E-state index in [1.165, 1.54) is 37.6 Å². The number of carbonyl (C=O) groups excluding carboxylic acids is 2. The van der Waals surface area contributed by atoms with E-state index in [2.05, 4.69) is 10.5 Å². The van der Waals surface area contributed by atoms with Gasteiger partial charge in [0.05, 0.1) is 23.8 Å². The van der Waals surface area contributed by atoms with Gasteiger partial charge in [-0.15, -0.1) is 0 Å². The molecule has 3 aromatic rings. The van der Waals surface area contributed by atoms with Crippen molar-refractivity contribution in [2.24, 2.45) is 5.10 Å². The van der Waals surface area contributed by atoms with Gasteiger partial charge in [0.2, 0.25) is 0 Å². The smallest absolute Gasteiger partial charge is 0.337 e. The van der Waals surface area contributed by atoms with Gasteiger partial charge in [0.1, 0.15) is 0 Å². The van der Waals surface area contributed by atoms with E-state index >= 15 is 0 Å². The van der Waals surface area contributed by atoms with Crippen molar-refractivity contribution in [1.29, 1.82) is 0 Å². The van der Waals surface area contributed by atoms with Gasteiger partial charge in [0, 0.05) is 40.3 Å². The fraction of sp³-hybridized carbons (Fsp3) is 0.136. The molecule has 31 heavy (non-hydrogen) atoms. The predicted octanol–water partition coefficient (Wildman–Crippen LogP) is 3.55. The Morgan fingerprint density at radius 1 is 1.10 bits per heavy atom. The molecular weight excluding hydrogens is 400 g/mol. The fourth-order valence-corrected chi connectivity index (χ4v) is 3.19. The largest absolute Gasteiger partial charge is 0.465 e. The highest BCUT2D eigenvalue weighted by Crippen LogP contribution is 2.21. The van der Waals surface area contributed by atoms with E-state index in [0.29, 0.717) is 5.56 Å². The molecule has 158 valence electrons. The molecule has 0 saturated heterocycles. The van der Waals surface area contributed by atoms with Crippen molar-refractivity contribution >= 4 is 23.8 Å². The molecule has 0 unspecified atom stereocenters. The summed E-state index contributed by atoms with van der Waals surface area (Å²) in [5, 5.41) is 14.8. The Morgan fingerprint density at radius 3 is 2.52 bits per heavy atom. The highest BCUT2D eigenvalue weighted by molar-refractivity contribution is 5.95. The van der Waals surface area contributed by atoms with E-state index in [1.54, 1.807) is 18.2 Å². The summed E-state index contributed by atoms with van der Waals surface area (Å²) in [4.78, 5) is 34.3. The molecule has 0 atom stereocenters. The van der Waals surface area contributed by atoms with Crippen molar-refractivity contribution < 1.29 is 19.2 Å². The van der Waals surface area contributed by atoms with Crippen LogP contribution in [0.1, 0.15) is 37.7 Å². The van der Waals surface area contributed by atoms with Gasteiger partial charge in [-0.05, 0) is 44.2 Å². The van der Waals surface area contributed by atoms with Crippen LogP contribution >= 0.6 is 0 Å². The van der Waals surface area contributed by atoms with Crippen molar-refractivity contribution in [3.8, 4) is 5.69 Å². The third-order valence-electron chi connectivity index (χ3n) is 4.68. The molecule has 9 heteroatoms. The number of amides is 1. The number of nitro groups is 1. The van der Waals surface area contributed by atoms with E-state index < -0.39 is 16.8 Å². The molecule has 1 aromatic heterocycles. The SMILES string of the molecule is COC(=O)c1cccc(-n2c(C)cc(/C=N\NC(=O)c3cccc([N+](=O)[O-])c3)c2C)c1. The number of non-ortho nitro benzene ring substituents is 1. The number of aromatic nitrogens is 1. The van der Waals surface area contributed by atoms with Gasteiger partial charge < -0.3 is 9.30 Å². The van der Waals surface area contributed by atoms with Crippen molar-refractivity contribution in [3.63, 3.8) is 0 Å². The molecule has 2 aromatic carbocycles. The van der Waals surface area contributed by atoms with Crippen molar-refractivity contribution in [1.82, 2.24) is 9.99 Å². The van der Waals surface area contributed by atoms with Gasteiger partial charge >= 0.3 is 5.97 Å². The second-order valence-electron chi connectivity index (χ2n) is 6.71. The molecule has 0 bridgehead atoms. The lowest BCUT2D eigenvalue weighted by Crippen LogP contribution is -2.17. The first-order chi connectivity index (χ1) is 14.8. The zero-order chi connectivity index (χ0) is 22.5. The Labute approximate surface area is 178 Å². The number of esters is 1. The number of nitro benzene ring substituents is 1. The fourth-order valence-electron chi connectivity index (χ4n) is 3.19. The number of aryl methyl sites for hydroxylation is 1. The standard InChI is InChI=1S/C22H20N4O5/c1-14-10-18(13-23-24-21(27)16-6-4-9-20(11-16)26(29)30)15(2)25(14)19-8-5-7-17(12-19)22(28)31-3/h4-13H,1-3H3,(H,24,27)/b23-13-. The van der Waals surface area contributed by atoms with Crippen LogP contribution in [0.4, 0.5) is 5.69 Å². The molecule has 1 heterocycles. The second kappa shape index (κ2) is 9.04. The number of hydrogen-bond donors (Lipinski definition) is 1. The lowest BCUT2D eigenvalue weighted by molar-refractivity contribution is -0.384. The summed E-state index contributed by atoms with van der Waals surface area (Å²) in [6.07, 6.45) is 1.50. The number of nitrogens with one attached hydrogen (secondary N) is 1. The third-order valence-corrected chi connectivity index (χ3v) is 4.68. The lowest BCUT2D eigenvalue weighted by atomic mass is 10.2. The Balaban J connectivity index is 1.80. The molecule has 1 N–H and O–H groups in total. The Kier molecular flexibility index (Phi) is 6.25. The number of ether oxygens (including phenoxy) is 1. The lowest BCUT2D eigenvalue weighted by Gasteiger charge is -2.10. The van der Waals surface area contributed by atoms with Crippen LogP contribution in [0.5, 0.6) is 0 Å². The molecule has 1 amide bonds. The zero-order valence-corrected chi connectivity index (χ0v) is 17.2. The maximum atomic E-state index is 12.2. The molecule has 0 aliphatic heterocycles. The van der Waals surface area contributed by atoms with Crippen LogP contribution in [0.15, 0.2) is 59.7 Å². The van der Waals surface area contributed by atoms with E-state index in [-0.39, 0.29) is 11.3 Å². The Bertz CT molecular complexity index is 1200. The number of rotatable bonds is 6. The topological polar surface area (TPSA) is 116 Å². The highest BCUT2D eigenvalue weighted by atomic mass is 16.6. The molecule has 0 spiro atoms. The van der Waals surface area contributed by atoms with Crippen molar-refractivity contribution in [2.45, 2.75) is 13.8 Å². The quantitative estimate of drug-likeness (QED) is 0.283. The minimum atomic E-state index is -0.565. The number of methoxy groups -OCH3 is 1. The molecule has 0 aliphatic carbocycles. The van der Waals surface area contributed by atoms with Crippen molar-refractivity contribution in [3.05, 3.63) is 92.8 Å². The van der Waals surface area contributed by atoms with Gasteiger partial charge in [0.25, 0.3) is 11.6 Å². The third kappa shape index (κ3) is 4.67. The van der Waals surface area contributed by atoms with Crippen LogP contribution in [-0.2, 0) is 4.74 Å². The van der Waals surface area contributed by atoms with Crippen LogP contribution in [0.3, 0.4) is 0 Å². The molecule has 0 saturated carbocycles. The first kappa shape index (κ1) is 21.4. The second-order valence-corrected chi connectivity index (χ2v) is 6.71. The van der Waals surface area contributed by atoms with Gasteiger partial charge in [-0.1, -0.05) is 12.1 Å². The van der Waals surface area contributed by atoms with Gasteiger partial charge in [-0.2, -0.15) is 5.10 Å². The summed E-state index contributed by atoms with van der Waals surface area (Å²) in [5.74, 6) is -0.977. The van der Waals surface area contributed by atoms with E-state index in [1.807, 2.05) is 30.5 Å². The van der Waals surface area contributed by atoms with Crippen LogP contribution < -0.4 is 5.43 Å². The summed E-state index contributed by atoms with van der Waals surface area (Å²) >= 11 is 0. The van der Waals surface area contributed by atoms with Crippen LogP contribution in [0, 0.1) is 24.0 Å². The number of hydrogen-bond acceptors (Lipinski definition) is 6. The van der Waals surface area contributed by atoms with Crippen LogP contribution in [0.25, 0.3) is 5.69 Å². The first-order valence-corrected chi connectivity index (χ1v) is 9.27. The number of nitrogens with zero attached hydrogens (tertiary/aromatic N) is 3. The normalized spacial score (nSPS) is 10.8. The van der Waals surface area contributed by atoms with Crippen LogP contribution in [-0.4, -0.2) is 34.7 Å². The maximum Gasteiger partial charge on any atom is 0.337 e. The summed E-state index contributed by atoms with van der Waals surface area (Å²) in [5.41, 5.74) is 6.10.